The Morgan fingerprint density at radius 1 is 1.52 bits per heavy atom. The van der Waals surface area contributed by atoms with Gasteiger partial charge in [0.25, 0.3) is 0 Å². The molecule has 0 spiro atoms. The number of aromatic nitrogens is 2. The summed E-state index contributed by atoms with van der Waals surface area (Å²) >= 11 is 0. The fourth-order valence-electron chi connectivity index (χ4n) is 4.36. The summed E-state index contributed by atoms with van der Waals surface area (Å²) in [6, 6.07) is 0.214. The SMILES string of the molecule is Cc1nn(CCC(=O)N[C@H](C)[C@H]2C[C@H]3CC[C@H]2C3)cc1[N+](=O)[O-]. The molecule has 7 nitrogen and oxygen atoms in total. The molecule has 2 aliphatic carbocycles. The molecule has 126 valence electrons. The fourth-order valence-corrected chi connectivity index (χ4v) is 4.36. The highest BCUT2D eigenvalue weighted by Crippen LogP contribution is 2.49. The van der Waals surface area contributed by atoms with Crippen molar-refractivity contribution in [3.63, 3.8) is 0 Å². The predicted molar refractivity (Wildman–Crippen MR) is 84.8 cm³/mol. The van der Waals surface area contributed by atoms with E-state index in [9.17, 15) is 14.9 Å². The van der Waals surface area contributed by atoms with Gasteiger partial charge < -0.3 is 5.32 Å². The van der Waals surface area contributed by atoms with Gasteiger partial charge >= 0.3 is 5.69 Å². The Kier molecular flexibility index (Phi) is 4.37. The number of nitrogens with zero attached hydrogens (tertiary/aromatic N) is 3. The molecule has 2 aliphatic rings. The summed E-state index contributed by atoms with van der Waals surface area (Å²) in [6.07, 6.45) is 6.94. The van der Waals surface area contributed by atoms with Crippen molar-refractivity contribution >= 4 is 11.6 Å². The molecule has 1 aromatic rings. The van der Waals surface area contributed by atoms with Crippen LogP contribution in [0.15, 0.2) is 6.20 Å². The Morgan fingerprint density at radius 3 is 2.87 bits per heavy atom. The Balaban J connectivity index is 1.48. The van der Waals surface area contributed by atoms with Crippen LogP contribution in [-0.2, 0) is 11.3 Å². The summed E-state index contributed by atoms with van der Waals surface area (Å²) in [5, 5.41) is 18.0. The molecule has 2 fully saturated rings. The number of fused-ring (bicyclic) bond motifs is 2. The van der Waals surface area contributed by atoms with Gasteiger partial charge in [-0.25, -0.2) is 0 Å². The lowest BCUT2D eigenvalue weighted by Gasteiger charge is -2.28. The zero-order chi connectivity index (χ0) is 16.6. The van der Waals surface area contributed by atoms with Crippen LogP contribution in [0.4, 0.5) is 5.69 Å². The van der Waals surface area contributed by atoms with E-state index in [1.54, 1.807) is 6.92 Å². The van der Waals surface area contributed by atoms with Crippen molar-refractivity contribution in [1.82, 2.24) is 15.1 Å². The molecule has 0 unspecified atom stereocenters. The Hall–Kier alpha value is -1.92. The lowest BCUT2D eigenvalue weighted by molar-refractivity contribution is -0.385. The number of carbonyl (C=O) groups is 1. The van der Waals surface area contributed by atoms with E-state index in [2.05, 4.69) is 17.3 Å². The van der Waals surface area contributed by atoms with Crippen LogP contribution in [0.5, 0.6) is 0 Å². The maximum Gasteiger partial charge on any atom is 0.309 e. The molecular formula is C16H24N4O3. The second-order valence-electron chi connectivity index (χ2n) is 7.06. The second kappa shape index (κ2) is 6.29. The van der Waals surface area contributed by atoms with Gasteiger partial charge in [-0.1, -0.05) is 6.42 Å². The first-order valence-electron chi connectivity index (χ1n) is 8.42. The van der Waals surface area contributed by atoms with Crippen LogP contribution >= 0.6 is 0 Å². The number of carbonyl (C=O) groups excluding carboxylic acids is 1. The number of amides is 1. The molecule has 23 heavy (non-hydrogen) atoms. The van der Waals surface area contributed by atoms with E-state index in [0.29, 0.717) is 24.6 Å². The average molecular weight is 320 g/mol. The van der Waals surface area contributed by atoms with Crippen molar-refractivity contribution in [1.29, 1.82) is 0 Å². The first-order chi connectivity index (χ1) is 10.9. The predicted octanol–water partition coefficient (Wildman–Crippen LogP) is 2.43. The van der Waals surface area contributed by atoms with Gasteiger partial charge in [0, 0.05) is 19.0 Å². The number of rotatable bonds is 6. The van der Waals surface area contributed by atoms with Crippen LogP contribution in [0.25, 0.3) is 0 Å². The normalized spacial score (nSPS) is 27.1. The molecule has 0 saturated heterocycles. The summed E-state index contributed by atoms with van der Waals surface area (Å²) in [4.78, 5) is 22.5. The topological polar surface area (TPSA) is 90.1 Å². The number of hydrogen-bond acceptors (Lipinski definition) is 4. The van der Waals surface area contributed by atoms with Crippen molar-refractivity contribution < 1.29 is 9.72 Å². The molecule has 7 heteroatoms. The zero-order valence-electron chi connectivity index (χ0n) is 13.7. The number of nitrogens with one attached hydrogen (secondary N) is 1. The third-order valence-electron chi connectivity index (χ3n) is 5.51. The quantitative estimate of drug-likeness (QED) is 0.644. The summed E-state index contributed by atoms with van der Waals surface area (Å²) < 4.78 is 1.48. The van der Waals surface area contributed by atoms with Crippen molar-refractivity contribution in [2.45, 2.75) is 58.5 Å². The number of aryl methyl sites for hydroxylation is 2. The number of hydrogen-bond donors (Lipinski definition) is 1. The van der Waals surface area contributed by atoms with E-state index in [1.807, 2.05) is 0 Å². The molecule has 3 rings (SSSR count). The fraction of sp³-hybridized carbons (Fsp3) is 0.750. The molecule has 2 bridgehead atoms. The largest absolute Gasteiger partial charge is 0.353 e. The molecule has 0 radical (unpaired) electrons. The zero-order valence-corrected chi connectivity index (χ0v) is 13.7. The van der Waals surface area contributed by atoms with Crippen LogP contribution in [0.3, 0.4) is 0 Å². The van der Waals surface area contributed by atoms with E-state index in [0.717, 1.165) is 11.8 Å². The van der Waals surface area contributed by atoms with Crippen LogP contribution in [0.2, 0.25) is 0 Å². The van der Waals surface area contributed by atoms with Crippen molar-refractivity contribution in [2.24, 2.45) is 17.8 Å². The molecule has 0 aromatic carbocycles. The smallest absolute Gasteiger partial charge is 0.309 e. The Morgan fingerprint density at radius 2 is 2.30 bits per heavy atom. The number of nitro groups is 1. The van der Waals surface area contributed by atoms with E-state index >= 15 is 0 Å². The highest BCUT2D eigenvalue weighted by Gasteiger charge is 2.42. The van der Waals surface area contributed by atoms with Crippen LogP contribution in [0.1, 0.15) is 44.7 Å². The van der Waals surface area contributed by atoms with E-state index in [-0.39, 0.29) is 17.6 Å². The molecule has 4 atom stereocenters. The minimum absolute atomic E-state index is 0.000701. The van der Waals surface area contributed by atoms with E-state index in [1.165, 1.54) is 36.6 Å². The van der Waals surface area contributed by atoms with Gasteiger partial charge in [-0.05, 0) is 50.9 Å². The summed E-state index contributed by atoms with van der Waals surface area (Å²) in [5.74, 6) is 2.27. The van der Waals surface area contributed by atoms with Crippen molar-refractivity contribution in [3.05, 3.63) is 22.0 Å². The molecular weight excluding hydrogens is 296 g/mol. The van der Waals surface area contributed by atoms with Crippen LogP contribution in [-0.4, -0.2) is 26.7 Å². The van der Waals surface area contributed by atoms with E-state index in [4.69, 9.17) is 0 Å². The van der Waals surface area contributed by atoms with E-state index < -0.39 is 4.92 Å². The third kappa shape index (κ3) is 3.38. The molecule has 2 saturated carbocycles. The van der Waals surface area contributed by atoms with Gasteiger partial charge in [-0.2, -0.15) is 5.10 Å². The molecule has 1 N–H and O–H groups in total. The van der Waals surface area contributed by atoms with Gasteiger partial charge in [0.2, 0.25) is 5.91 Å². The van der Waals surface area contributed by atoms with Crippen LogP contribution < -0.4 is 5.32 Å². The van der Waals surface area contributed by atoms with Gasteiger partial charge in [0.15, 0.2) is 0 Å². The minimum Gasteiger partial charge on any atom is -0.353 e. The first kappa shape index (κ1) is 16.0. The van der Waals surface area contributed by atoms with Gasteiger partial charge in [-0.3, -0.25) is 19.6 Å². The first-order valence-corrected chi connectivity index (χ1v) is 8.42. The van der Waals surface area contributed by atoms with Gasteiger partial charge in [-0.15, -0.1) is 0 Å². The second-order valence-corrected chi connectivity index (χ2v) is 7.06. The summed E-state index contributed by atoms with van der Waals surface area (Å²) in [5.41, 5.74) is 0.381. The average Bonchev–Trinajstić information content (AvgIpc) is 3.19. The Labute approximate surface area is 135 Å². The summed E-state index contributed by atoms with van der Waals surface area (Å²) in [7, 11) is 0. The lowest BCUT2D eigenvalue weighted by Crippen LogP contribution is -2.40. The standard InChI is InChI=1S/C16H24N4O3/c1-10(14-8-12-3-4-13(14)7-12)17-16(21)5-6-19-9-15(20(22)23)11(2)18-19/h9-10,12-14H,3-8H2,1-2H3,(H,17,21)/t10-,12+,13+,14-/m1/s1. The highest BCUT2D eigenvalue weighted by molar-refractivity contribution is 5.76. The molecule has 1 amide bonds. The molecule has 1 heterocycles. The monoisotopic (exact) mass is 320 g/mol. The van der Waals surface area contributed by atoms with Crippen molar-refractivity contribution in [2.75, 3.05) is 0 Å². The minimum atomic E-state index is -0.448. The molecule has 1 aromatic heterocycles. The maximum absolute atomic E-state index is 12.1. The third-order valence-corrected chi connectivity index (χ3v) is 5.51. The highest BCUT2D eigenvalue weighted by atomic mass is 16.6. The maximum atomic E-state index is 12.1. The lowest BCUT2D eigenvalue weighted by atomic mass is 9.84. The van der Waals surface area contributed by atoms with Crippen LogP contribution in [0, 0.1) is 34.8 Å². The molecule has 0 aliphatic heterocycles. The van der Waals surface area contributed by atoms with Crippen molar-refractivity contribution in [3.8, 4) is 0 Å². The van der Waals surface area contributed by atoms with Gasteiger partial charge in [0.05, 0.1) is 4.92 Å². The van der Waals surface area contributed by atoms with Gasteiger partial charge in [0.1, 0.15) is 11.9 Å². The Bertz CT molecular complexity index is 612. The summed E-state index contributed by atoms with van der Waals surface area (Å²) in [6.45, 7) is 4.07.